The first-order valence-electron chi connectivity index (χ1n) is 8.37. The number of anilines is 1. The number of likely N-dealkylation sites (tertiary alicyclic amines) is 1. The van der Waals surface area contributed by atoms with Crippen LogP contribution in [-0.2, 0) is 22.6 Å². The zero-order chi connectivity index (χ0) is 16.9. The molecule has 0 spiro atoms. The second-order valence-electron chi connectivity index (χ2n) is 6.20. The quantitative estimate of drug-likeness (QED) is 0.919. The molecule has 1 saturated heterocycles. The van der Waals surface area contributed by atoms with E-state index < -0.39 is 0 Å². The van der Waals surface area contributed by atoms with Gasteiger partial charge in [-0.1, -0.05) is 49.4 Å². The van der Waals surface area contributed by atoms with E-state index >= 15 is 0 Å². The highest BCUT2D eigenvalue weighted by Gasteiger charge is 2.34. The molecule has 1 aliphatic heterocycles. The van der Waals surface area contributed by atoms with Crippen LogP contribution in [0.5, 0.6) is 0 Å². The summed E-state index contributed by atoms with van der Waals surface area (Å²) in [5.74, 6) is -0.319. The lowest BCUT2D eigenvalue weighted by molar-refractivity contribution is -0.128. The van der Waals surface area contributed by atoms with Gasteiger partial charge in [-0.25, -0.2) is 0 Å². The molecule has 2 amide bonds. The third-order valence-corrected chi connectivity index (χ3v) is 4.40. The Morgan fingerprint density at radius 3 is 2.62 bits per heavy atom. The largest absolute Gasteiger partial charge is 0.338 e. The van der Waals surface area contributed by atoms with Gasteiger partial charge in [0.05, 0.1) is 5.92 Å². The summed E-state index contributed by atoms with van der Waals surface area (Å²) in [6.45, 7) is 3.12. The van der Waals surface area contributed by atoms with Crippen molar-refractivity contribution in [3.05, 3.63) is 65.7 Å². The van der Waals surface area contributed by atoms with Gasteiger partial charge in [0.25, 0.3) is 0 Å². The average molecular weight is 322 g/mol. The van der Waals surface area contributed by atoms with E-state index in [4.69, 9.17) is 0 Å². The van der Waals surface area contributed by atoms with Crippen molar-refractivity contribution in [2.75, 3.05) is 11.9 Å². The first-order valence-corrected chi connectivity index (χ1v) is 8.37. The van der Waals surface area contributed by atoms with Gasteiger partial charge in [-0.05, 0) is 29.7 Å². The predicted octanol–water partition coefficient (Wildman–Crippen LogP) is 3.24. The van der Waals surface area contributed by atoms with E-state index in [1.165, 1.54) is 5.56 Å². The molecule has 2 aromatic rings. The molecule has 4 nitrogen and oxygen atoms in total. The SMILES string of the molecule is CCc1cccc(NC(=O)[C@H]2CC(=O)N(Cc3ccccc3)C2)c1. The number of aryl methyl sites for hydroxylation is 1. The molecule has 3 rings (SSSR count). The van der Waals surface area contributed by atoms with Crippen molar-refractivity contribution < 1.29 is 9.59 Å². The van der Waals surface area contributed by atoms with Crippen molar-refractivity contribution in [3.8, 4) is 0 Å². The molecule has 1 heterocycles. The average Bonchev–Trinajstić information content (AvgIpc) is 2.97. The van der Waals surface area contributed by atoms with Crippen molar-refractivity contribution in [3.63, 3.8) is 0 Å². The van der Waals surface area contributed by atoms with Crippen LogP contribution in [0, 0.1) is 5.92 Å². The highest BCUT2D eigenvalue weighted by atomic mass is 16.2. The topological polar surface area (TPSA) is 49.4 Å². The Balaban J connectivity index is 1.61. The number of amides is 2. The smallest absolute Gasteiger partial charge is 0.229 e. The van der Waals surface area contributed by atoms with Crippen molar-refractivity contribution in [2.24, 2.45) is 5.92 Å². The van der Waals surface area contributed by atoms with Crippen LogP contribution in [0.2, 0.25) is 0 Å². The van der Waals surface area contributed by atoms with Gasteiger partial charge in [-0.2, -0.15) is 0 Å². The molecule has 124 valence electrons. The molecule has 0 aromatic heterocycles. The fourth-order valence-electron chi connectivity index (χ4n) is 3.02. The summed E-state index contributed by atoms with van der Waals surface area (Å²) in [6, 6.07) is 17.7. The molecule has 1 atom stereocenters. The molecule has 0 aliphatic carbocycles. The van der Waals surface area contributed by atoms with E-state index in [0.29, 0.717) is 13.1 Å². The Labute approximate surface area is 142 Å². The minimum Gasteiger partial charge on any atom is -0.338 e. The molecule has 2 aromatic carbocycles. The van der Waals surface area contributed by atoms with Crippen molar-refractivity contribution in [1.82, 2.24) is 4.90 Å². The second kappa shape index (κ2) is 7.30. The molecule has 0 bridgehead atoms. The summed E-state index contributed by atoms with van der Waals surface area (Å²) < 4.78 is 0. The molecule has 1 fully saturated rings. The van der Waals surface area contributed by atoms with Crippen LogP contribution in [-0.4, -0.2) is 23.3 Å². The van der Waals surface area contributed by atoms with Gasteiger partial charge in [0.2, 0.25) is 11.8 Å². The molecule has 4 heteroatoms. The van der Waals surface area contributed by atoms with Crippen molar-refractivity contribution in [2.45, 2.75) is 26.3 Å². The van der Waals surface area contributed by atoms with E-state index in [9.17, 15) is 9.59 Å². The van der Waals surface area contributed by atoms with Crippen LogP contribution in [0.25, 0.3) is 0 Å². The number of carbonyl (C=O) groups excluding carboxylic acids is 2. The van der Waals surface area contributed by atoms with Crippen LogP contribution in [0.3, 0.4) is 0 Å². The van der Waals surface area contributed by atoms with Gasteiger partial charge < -0.3 is 10.2 Å². The lowest BCUT2D eigenvalue weighted by Gasteiger charge is -2.16. The highest BCUT2D eigenvalue weighted by Crippen LogP contribution is 2.22. The zero-order valence-corrected chi connectivity index (χ0v) is 13.9. The van der Waals surface area contributed by atoms with Crippen molar-refractivity contribution in [1.29, 1.82) is 0 Å². The predicted molar refractivity (Wildman–Crippen MR) is 94.4 cm³/mol. The van der Waals surface area contributed by atoms with Gasteiger partial charge in [0.1, 0.15) is 0 Å². The molecule has 0 unspecified atom stereocenters. The molecule has 1 aliphatic rings. The molecular formula is C20H22N2O2. The summed E-state index contributed by atoms with van der Waals surface area (Å²) in [7, 11) is 0. The van der Waals surface area contributed by atoms with Crippen LogP contribution < -0.4 is 5.32 Å². The summed E-state index contributed by atoms with van der Waals surface area (Å²) in [6.07, 6.45) is 1.21. The normalized spacial score (nSPS) is 17.1. The van der Waals surface area contributed by atoms with Crippen LogP contribution in [0.4, 0.5) is 5.69 Å². The minimum absolute atomic E-state index is 0.0429. The lowest BCUT2D eigenvalue weighted by atomic mass is 10.1. The summed E-state index contributed by atoms with van der Waals surface area (Å²) in [5, 5.41) is 2.95. The summed E-state index contributed by atoms with van der Waals surface area (Å²) in [5.41, 5.74) is 3.07. The summed E-state index contributed by atoms with van der Waals surface area (Å²) >= 11 is 0. The fraction of sp³-hybridized carbons (Fsp3) is 0.300. The maximum absolute atomic E-state index is 12.5. The Bertz CT molecular complexity index is 727. The molecule has 1 N–H and O–H groups in total. The maximum Gasteiger partial charge on any atom is 0.229 e. The van der Waals surface area contributed by atoms with E-state index in [2.05, 4.69) is 12.2 Å². The third-order valence-electron chi connectivity index (χ3n) is 4.40. The Morgan fingerprint density at radius 2 is 1.88 bits per heavy atom. The maximum atomic E-state index is 12.5. The van der Waals surface area contributed by atoms with Gasteiger partial charge in [0, 0.05) is 25.2 Å². The zero-order valence-electron chi connectivity index (χ0n) is 13.9. The number of nitrogens with one attached hydrogen (secondary N) is 1. The highest BCUT2D eigenvalue weighted by molar-refractivity contribution is 5.97. The number of carbonyl (C=O) groups is 2. The molecular weight excluding hydrogens is 300 g/mol. The third kappa shape index (κ3) is 3.82. The van der Waals surface area contributed by atoms with E-state index in [0.717, 1.165) is 17.7 Å². The minimum atomic E-state index is -0.286. The van der Waals surface area contributed by atoms with Crippen LogP contribution in [0.1, 0.15) is 24.5 Å². The lowest BCUT2D eigenvalue weighted by Crippen LogP contribution is -2.28. The molecule has 24 heavy (non-hydrogen) atoms. The van der Waals surface area contributed by atoms with Gasteiger partial charge >= 0.3 is 0 Å². The second-order valence-corrected chi connectivity index (χ2v) is 6.20. The monoisotopic (exact) mass is 322 g/mol. The summed E-state index contributed by atoms with van der Waals surface area (Å²) in [4.78, 5) is 26.4. The van der Waals surface area contributed by atoms with Crippen LogP contribution in [0.15, 0.2) is 54.6 Å². The first kappa shape index (κ1) is 16.2. The standard InChI is InChI=1S/C20H22N2O2/c1-2-15-9-6-10-18(11-15)21-20(24)17-12-19(23)22(14-17)13-16-7-4-3-5-8-16/h3-11,17H,2,12-14H2,1H3,(H,21,24)/t17-/m0/s1. The Hall–Kier alpha value is -2.62. The first-order chi connectivity index (χ1) is 11.7. The van der Waals surface area contributed by atoms with Gasteiger partial charge in [-0.15, -0.1) is 0 Å². The van der Waals surface area contributed by atoms with E-state index in [-0.39, 0.29) is 24.2 Å². The van der Waals surface area contributed by atoms with E-state index in [1.807, 2.05) is 54.6 Å². The van der Waals surface area contributed by atoms with Crippen LogP contribution >= 0.6 is 0 Å². The Kier molecular flexibility index (Phi) is 4.94. The van der Waals surface area contributed by atoms with Crippen molar-refractivity contribution >= 4 is 17.5 Å². The molecule has 0 saturated carbocycles. The number of hydrogen-bond acceptors (Lipinski definition) is 2. The van der Waals surface area contributed by atoms with E-state index in [1.54, 1.807) is 4.90 Å². The number of nitrogens with zero attached hydrogens (tertiary/aromatic N) is 1. The number of benzene rings is 2. The fourth-order valence-corrected chi connectivity index (χ4v) is 3.02. The van der Waals surface area contributed by atoms with Gasteiger partial charge in [-0.3, -0.25) is 9.59 Å². The van der Waals surface area contributed by atoms with Gasteiger partial charge in [0.15, 0.2) is 0 Å². The number of rotatable bonds is 5. The Morgan fingerprint density at radius 1 is 1.12 bits per heavy atom. The molecule has 0 radical (unpaired) electrons. The number of hydrogen-bond donors (Lipinski definition) is 1.